The zero-order chi connectivity index (χ0) is 16.3. The quantitative estimate of drug-likeness (QED) is 0.829. The zero-order valence-corrected chi connectivity index (χ0v) is 13.3. The van der Waals surface area contributed by atoms with Gasteiger partial charge in [0, 0.05) is 32.5 Å². The van der Waals surface area contributed by atoms with Crippen LogP contribution in [0, 0.1) is 6.92 Å². The van der Waals surface area contributed by atoms with Crippen LogP contribution in [0.4, 0.5) is 0 Å². The van der Waals surface area contributed by atoms with Gasteiger partial charge in [0.25, 0.3) is 5.91 Å². The van der Waals surface area contributed by atoms with E-state index in [1.807, 2.05) is 13.8 Å². The third kappa shape index (κ3) is 3.14. The van der Waals surface area contributed by atoms with Crippen molar-refractivity contribution in [1.29, 1.82) is 0 Å². The topological polar surface area (TPSA) is 84.7 Å². The Labute approximate surface area is 129 Å². The lowest BCUT2D eigenvalue weighted by Gasteiger charge is -2.36. The second-order valence-corrected chi connectivity index (χ2v) is 5.53. The van der Waals surface area contributed by atoms with Gasteiger partial charge in [-0.1, -0.05) is 0 Å². The smallest absolute Gasteiger partial charge is 0.338 e. The predicted octanol–water partition coefficient (Wildman–Crippen LogP) is 0.742. The second kappa shape index (κ2) is 6.48. The first-order valence-corrected chi connectivity index (χ1v) is 7.64. The van der Waals surface area contributed by atoms with Crippen molar-refractivity contribution in [3.63, 3.8) is 0 Å². The number of amides is 1. The molecule has 7 heteroatoms. The molecule has 0 aromatic carbocycles. The van der Waals surface area contributed by atoms with Crippen LogP contribution >= 0.6 is 0 Å². The second-order valence-electron chi connectivity index (χ2n) is 5.53. The molecule has 0 aliphatic carbocycles. The van der Waals surface area contributed by atoms with Crippen molar-refractivity contribution < 1.29 is 19.4 Å². The molecule has 1 aromatic rings. The molecule has 0 radical (unpaired) electrons. The minimum absolute atomic E-state index is 0.117. The lowest BCUT2D eigenvalue weighted by Crippen LogP contribution is -2.51. The highest BCUT2D eigenvalue weighted by molar-refractivity contribution is 5.93. The highest BCUT2D eigenvalue weighted by Crippen LogP contribution is 2.25. The number of aromatic nitrogens is 2. The van der Waals surface area contributed by atoms with Crippen LogP contribution in [0.25, 0.3) is 0 Å². The number of ether oxygens (including phenoxy) is 1. The van der Waals surface area contributed by atoms with Gasteiger partial charge in [-0.3, -0.25) is 9.48 Å². The normalized spacial score (nSPS) is 17.4. The molecular weight excluding hydrogens is 286 g/mol. The Morgan fingerprint density at radius 1 is 1.36 bits per heavy atom. The summed E-state index contributed by atoms with van der Waals surface area (Å²) in [5.41, 5.74) is -0.139. The number of aryl methyl sites for hydroxylation is 2. The Morgan fingerprint density at radius 3 is 2.55 bits per heavy atom. The van der Waals surface area contributed by atoms with Crippen molar-refractivity contribution in [3.05, 3.63) is 17.5 Å². The highest BCUT2D eigenvalue weighted by Gasteiger charge is 2.42. The Balaban J connectivity index is 2.05. The summed E-state index contributed by atoms with van der Waals surface area (Å²) >= 11 is 0. The fraction of sp³-hybridized carbons (Fsp3) is 0.667. The number of likely N-dealkylation sites (tertiary alicyclic amines) is 1. The van der Waals surface area contributed by atoms with Crippen molar-refractivity contribution in [2.24, 2.45) is 0 Å². The molecule has 1 aromatic heterocycles. The highest BCUT2D eigenvalue weighted by atomic mass is 16.5. The van der Waals surface area contributed by atoms with E-state index < -0.39 is 11.6 Å². The number of hydrogen-bond acceptors (Lipinski definition) is 5. The molecule has 122 valence electrons. The zero-order valence-electron chi connectivity index (χ0n) is 13.3. The predicted molar refractivity (Wildman–Crippen MR) is 79.4 cm³/mol. The number of aliphatic hydroxyl groups is 1. The number of carbonyl (C=O) groups excluding carboxylic acids is 2. The minimum atomic E-state index is -1.48. The summed E-state index contributed by atoms with van der Waals surface area (Å²) in [5.74, 6) is -0.718. The van der Waals surface area contributed by atoms with Crippen LogP contribution in [0.3, 0.4) is 0 Å². The average Bonchev–Trinajstić information content (AvgIpc) is 2.88. The molecular formula is C15H23N3O4. The first-order chi connectivity index (χ1) is 10.4. The summed E-state index contributed by atoms with van der Waals surface area (Å²) in [6.07, 6.45) is 0.383. The fourth-order valence-corrected chi connectivity index (χ4v) is 2.67. The van der Waals surface area contributed by atoms with E-state index in [-0.39, 0.29) is 25.4 Å². The van der Waals surface area contributed by atoms with Crippen molar-refractivity contribution in [1.82, 2.24) is 14.7 Å². The summed E-state index contributed by atoms with van der Waals surface area (Å²) in [4.78, 5) is 26.0. The number of carbonyl (C=O) groups is 2. The van der Waals surface area contributed by atoms with E-state index in [4.69, 9.17) is 4.74 Å². The van der Waals surface area contributed by atoms with Crippen LogP contribution < -0.4 is 0 Å². The van der Waals surface area contributed by atoms with Gasteiger partial charge in [0.2, 0.25) is 0 Å². The van der Waals surface area contributed by atoms with E-state index in [1.165, 1.54) is 0 Å². The Hall–Kier alpha value is -1.89. The molecule has 2 rings (SSSR count). The van der Waals surface area contributed by atoms with Crippen LogP contribution in [0.15, 0.2) is 6.07 Å². The third-order valence-electron chi connectivity index (χ3n) is 3.95. The third-order valence-corrected chi connectivity index (χ3v) is 3.95. The SMILES string of the molecule is CCOC(=O)C1(O)CCN(C(=O)c2cc(C)nn2CC)CC1. The van der Waals surface area contributed by atoms with Crippen LogP contribution in [-0.2, 0) is 16.1 Å². The molecule has 1 N–H and O–H groups in total. The van der Waals surface area contributed by atoms with E-state index in [9.17, 15) is 14.7 Å². The van der Waals surface area contributed by atoms with Gasteiger partial charge >= 0.3 is 5.97 Å². The number of rotatable bonds is 4. The van der Waals surface area contributed by atoms with Gasteiger partial charge in [-0.2, -0.15) is 5.10 Å². The average molecular weight is 309 g/mol. The number of hydrogen-bond donors (Lipinski definition) is 1. The molecule has 0 saturated carbocycles. The number of piperidine rings is 1. The van der Waals surface area contributed by atoms with Gasteiger partial charge in [-0.15, -0.1) is 0 Å². The summed E-state index contributed by atoms with van der Waals surface area (Å²) in [6, 6.07) is 1.76. The van der Waals surface area contributed by atoms with Gasteiger partial charge in [0.15, 0.2) is 5.60 Å². The lowest BCUT2D eigenvalue weighted by molar-refractivity contribution is -0.169. The summed E-state index contributed by atoms with van der Waals surface area (Å²) < 4.78 is 6.57. The van der Waals surface area contributed by atoms with E-state index in [2.05, 4.69) is 5.10 Å². The standard InChI is InChI=1S/C15H23N3O4/c1-4-18-12(10-11(3)16-18)13(19)17-8-6-15(21,7-9-17)14(20)22-5-2/h10,21H,4-9H2,1-3H3. The Morgan fingerprint density at radius 2 is 2.00 bits per heavy atom. The molecule has 7 nitrogen and oxygen atoms in total. The van der Waals surface area contributed by atoms with Gasteiger partial charge in [0.05, 0.1) is 12.3 Å². The molecule has 22 heavy (non-hydrogen) atoms. The van der Waals surface area contributed by atoms with Gasteiger partial charge in [-0.25, -0.2) is 4.79 Å². The number of nitrogens with zero attached hydrogens (tertiary/aromatic N) is 3. The summed E-state index contributed by atoms with van der Waals surface area (Å²) in [6.45, 7) is 6.98. The van der Waals surface area contributed by atoms with E-state index >= 15 is 0 Å². The first-order valence-electron chi connectivity index (χ1n) is 7.64. The molecule has 1 aliphatic rings. The molecule has 0 unspecified atom stereocenters. The van der Waals surface area contributed by atoms with E-state index in [1.54, 1.807) is 22.6 Å². The van der Waals surface area contributed by atoms with Crippen LogP contribution in [0.5, 0.6) is 0 Å². The molecule has 1 saturated heterocycles. The lowest BCUT2D eigenvalue weighted by atomic mass is 9.91. The van der Waals surface area contributed by atoms with Crippen molar-refractivity contribution >= 4 is 11.9 Å². The Bertz CT molecular complexity index is 559. The van der Waals surface area contributed by atoms with Gasteiger partial charge < -0.3 is 14.7 Å². The van der Waals surface area contributed by atoms with Crippen molar-refractivity contribution in [2.45, 2.75) is 45.8 Å². The Kier molecular flexibility index (Phi) is 4.85. The van der Waals surface area contributed by atoms with Gasteiger partial charge in [0.1, 0.15) is 5.69 Å². The maximum absolute atomic E-state index is 12.6. The maximum Gasteiger partial charge on any atom is 0.338 e. The van der Waals surface area contributed by atoms with Gasteiger partial charge in [-0.05, 0) is 26.8 Å². The van der Waals surface area contributed by atoms with E-state index in [0.717, 1.165) is 5.69 Å². The molecule has 1 amide bonds. The van der Waals surface area contributed by atoms with Crippen LogP contribution in [0.2, 0.25) is 0 Å². The maximum atomic E-state index is 12.6. The summed E-state index contributed by atoms with van der Waals surface area (Å²) in [7, 11) is 0. The van der Waals surface area contributed by atoms with Crippen LogP contribution in [-0.4, -0.2) is 57.0 Å². The largest absolute Gasteiger partial charge is 0.464 e. The molecule has 0 spiro atoms. The molecule has 2 heterocycles. The fourth-order valence-electron chi connectivity index (χ4n) is 2.67. The molecule has 1 aliphatic heterocycles. The summed E-state index contributed by atoms with van der Waals surface area (Å²) in [5, 5.41) is 14.6. The van der Waals surface area contributed by atoms with E-state index in [0.29, 0.717) is 25.3 Å². The number of esters is 1. The molecule has 0 atom stereocenters. The first kappa shape index (κ1) is 16.5. The van der Waals surface area contributed by atoms with Crippen molar-refractivity contribution in [2.75, 3.05) is 19.7 Å². The monoisotopic (exact) mass is 309 g/mol. The minimum Gasteiger partial charge on any atom is -0.464 e. The van der Waals surface area contributed by atoms with Crippen LogP contribution in [0.1, 0.15) is 42.9 Å². The molecule has 0 bridgehead atoms. The molecule has 1 fully saturated rings. The van der Waals surface area contributed by atoms with Crippen molar-refractivity contribution in [3.8, 4) is 0 Å².